The molecule has 2 aromatic carbocycles. The van der Waals surface area contributed by atoms with Crippen molar-refractivity contribution in [1.29, 1.82) is 0 Å². The van der Waals surface area contributed by atoms with Gasteiger partial charge >= 0.3 is 0 Å². The monoisotopic (exact) mass is 292 g/mol. The van der Waals surface area contributed by atoms with Crippen LogP contribution in [0.5, 0.6) is 0 Å². The fourth-order valence-electron chi connectivity index (χ4n) is 2.93. The molecule has 0 atom stereocenters. The molecular weight excluding hydrogens is 268 g/mol. The Morgan fingerprint density at radius 2 is 1.68 bits per heavy atom. The molecule has 0 aliphatic carbocycles. The van der Waals surface area contributed by atoms with E-state index in [1.807, 2.05) is 0 Å². The molecule has 2 nitrogen and oxygen atoms in total. The topological polar surface area (TPSA) is 17.0 Å². The van der Waals surface area contributed by atoms with Gasteiger partial charge in [-0.1, -0.05) is 62.4 Å². The summed E-state index contributed by atoms with van der Waals surface area (Å²) in [6.45, 7) is 6.34. The first-order valence-corrected chi connectivity index (χ1v) is 8.08. The van der Waals surface area contributed by atoms with E-state index in [-0.39, 0.29) is 0 Å². The molecule has 3 aromatic rings. The summed E-state index contributed by atoms with van der Waals surface area (Å²) in [5.41, 5.74) is 4.10. The Hall–Kier alpha value is -2.06. The first kappa shape index (κ1) is 14.9. The average molecular weight is 292 g/mol. The first-order chi connectivity index (χ1) is 10.7. The number of hydrogen-bond donors (Lipinski definition) is 1. The predicted octanol–water partition coefficient (Wildman–Crippen LogP) is 4.23. The smallest absolute Gasteiger partial charge is 0.0486 e. The Labute approximate surface area is 132 Å². The van der Waals surface area contributed by atoms with Gasteiger partial charge in [0.25, 0.3) is 0 Å². The van der Waals surface area contributed by atoms with Gasteiger partial charge in [0, 0.05) is 29.7 Å². The molecule has 22 heavy (non-hydrogen) atoms. The number of benzene rings is 2. The molecule has 1 heterocycles. The van der Waals surface area contributed by atoms with Crippen molar-refractivity contribution in [3.05, 3.63) is 71.9 Å². The predicted molar refractivity (Wildman–Crippen MR) is 94.3 cm³/mol. The number of nitrogens with one attached hydrogen (secondary N) is 1. The van der Waals surface area contributed by atoms with Crippen molar-refractivity contribution in [2.45, 2.75) is 32.9 Å². The molecule has 0 amide bonds. The van der Waals surface area contributed by atoms with Crippen LogP contribution in [0, 0.1) is 0 Å². The number of rotatable bonds is 6. The zero-order valence-corrected chi connectivity index (χ0v) is 13.4. The summed E-state index contributed by atoms with van der Waals surface area (Å²) >= 11 is 0. The van der Waals surface area contributed by atoms with E-state index in [0.29, 0.717) is 6.04 Å². The molecule has 0 radical (unpaired) electrons. The lowest BCUT2D eigenvalue weighted by Gasteiger charge is -2.06. The van der Waals surface area contributed by atoms with Crippen molar-refractivity contribution in [1.82, 2.24) is 9.88 Å². The Morgan fingerprint density at radius 3 is 2.45 bits per heavy atom. The lowest BCUT2D eigenvalue weighted by atomic mass is 10.1. The third kappa shape index (κ3) is 3.40. The zero-order valence-electron chi connectivity index (χ0n) is 13.4. The number of nitrogens with zero attached hydrogens (tertiary/aromatic N) is 1. The maximum absolute atomic E-state index is 3.51. The number of aromatic nitrogens is 1. The zero-order chi connectivity index (χ0) is 15.4. The van der Waals surface area contributed by atoms with E-state index in [9.17, 15) is 0 Å². The molecule has 0 saturated heterocycles. The SMILES string of the molecule is CC(C)NCCc1cn(Cc2ccccc2)c2ccccc12. The van der Waals surface area contributed by atoms with Crippen molar-refractivity contribution in [2.24, 2.45) is 0 Å². The lowest BCUT2D eigenvalue weighted by molar-refractivity contribution is 0.590. The number of fused-ring (bicyclic) bond motifs is 1. The molecule has 2 heteroatoms. The van der Waals surface area contributed by atoms with Gasteiger partial charge in [0.15, 0.2) is 0 Å². The summed E-state index contributed by atoms with van der Waals surface area (Å²) in [5, 5.41) is 4.89. The highest BCUT2D eigenvalue weighted by atomic mass is 15.0. The van der Waals surface area contributed by atoms with Gasteiger partial charge < -0.3 is 9.88 Å². The molecule has 0 saturated carbocycles. The third-order valence-corrected chi connectivity index (χ3v) is 4.01. The van der Waals surface area contributed by atoms with Gasteiger partial charge in [-0.2, -0.15) is 0 Å². The van der Waals surface area contributed by atoms with E-state index >= 15 is 0 Å². The maximum Gasteiger partial charge on any atom is 0.0486 e. The van der Waals surface area contributed by atoms with Crippen molar-refractivity contribution >= 4 is 10.9 Å². The molecule has 114 valence electrons. The maximum atomic E-state index is 3.51. The minimum Gasteiger partial charge on any atom is -0.343 e. The molecular formula is C20H24N2. The van der Waals surface area contributed by atoms with Crippen LogP contribution in [0.15, 0.2) is 60.8 Å². The van der Waals surface area contributed by atoms with E-state index in [1.165, 1.54) is 22.0 Å². The average Bonchev–Trinajstić information content (AvgIpc) is 2.86. The summed E-state index contributed by atoms with van der Waals surface area (Å²) in [4.78, 5) is 0. The van der Waals surface area contributed by atoms with Gasteiger partial charge in [-0.05, 0) is 30.2 Å². The van der Waals surface area contributed by atoms with E-state index in [4.69, 9.17) is 0 Å². The van der Waals surface area contributed by atoms with Crippen molar-refractivity contribution in [3.63, 3.8) is 0 Å². The first-order valence-electron chi connectivity index (χ1n) is 8.08. The van der Waals surface area contributed by atoms with Gasteiger partial charge in [0.05, 0.1) is 0 Å². The standard InChI is InChI=1S/C20H24N2/c1-16(2)21-13-12-18-15-22(14-17-8-4-3-5-9-17)20-11-7-6-10-19(18)20/h3-11,15-16,21H,12-14H2,1-2H3. The highest BCUT2D eigenvalue weighted by Crippen LogP contribution is 2.22. The second kappa shape index (κ2) is 6.80. The minimum atomic E-state index is 0.540. The van der Waals surface area contributed by atoms with Crippen molar-refractivity contribution < 1.29 is 0 Å². The van der Waals surface area contributed by atoms with E-state index in [2.05, 4.69) is 84.5 Å². The fraction of sp³-hybridized carbons (Fsp3) is 0.300. The molecule has 0 spiro atoms. The van der Waals surface area contributed by atoms with Gasteiger partial charge in [-0.25, -0.2) is 0 Å². The normalized spacial score (nSPS) is 11.4. The fourth-order valence-corrected chi connectivity index (χ4v) is 2.93. The number of para-hydroxylation sites is 1. The Morgan fingerprint density at radius 1 is 0.955 bits per heavy atom. The Balaban J connectivity index is 1.87. The van der Waals surface area contributed by atoms with Gasteiger partial charge in [-0.15, -0.1) is 0 Å². The summed E-state index contributed by atoms with van der Waals surface area (Å²) in [7, 11) is 0. The highest BCUT2D eigenvalue weighted by Gasteiger charge is 2.08. The van der Waals surface area contributed by atoms with Crippen LogP contribution in [-0.2, 0) is 13.0 Å². The summed E-state index contributed by atoms with van der Waals surface area (Å²) in [6.07, 6.45) is 3.39. The summed E-state index contributed by atoms with van der Waals surface area (Å²) < 4.78 is 2.37. The van der Waals surface area contributed by atoms with Crippen molar-refractivity contribution in [3.8, 4) is 0 Å². The van der Waals surface area contributed by atoms with Gasteiger partial charge in [0.2, 0.25) is 0 Å². The molecule has 0 aliphatic rings. The summed E-state index contributed by atoms with van der Waals surface area (Å²) in [6, 6.07) is 19.9. The second-order valence-electron chi connectivity index (χ2n) is 6.14. The molecule has 0 fully saturated rings. The van der Waals surface area contributed by atoms with Crippen LogP contribution < -0.4 is 5.32 Å². The van der Waals surface area contributed by atoms with Crippen LogP contribution in [0.4, 0.5) is 0 Å². The molecule has 0 bridgehead atoms. The molecule has 3 rings (SSSR count). The van der Waals surface area contributed by atoms with Crippen LogP contribution in [-0.4, -0.2) is 17.2 Å². The van der Waals surface area contributed by atoms with Crippen LogP contribution in [0.3, 0.4) is 0 Å². The van der Waals surface area contributed by atoms with Crippen LogP contribution in [0.1, 0.15) is 25.0 Å². The van der Waals surface area contributed by atoms with Crippen LogP contribution >= 0.6 is 0 Å². The van der Waals surface area contributed by atoms with E-state index in [1.54, 1.807) is 0 Å². The highest BCUT2D eigenvalue weighted by molar-refractivity contribution is 5.84. The number of hydrogen-bond acceptors (Lipinski definition) is 1. The third-order valence-electron chi connectivity index (χ3n) is 4.01. The second-order valence-corrected chi connectivity index (χ2v) is 6.14. The molecule has 0 aliphatic heterocycles. The van der Waals surface area contributed by atoms with Crippen LogP contribution in [0.25, 0.3) is 10.9 Å². The van der Waals surface area contributed by atoms with Gasteiger partial charge in [-0.3, -0.25) is 0 Å². The molecule has 0 unspecified atom stereocenters. The summed E-state index contributed by atoms with van der Waals surface area (Å²) in [5.74, 6) is 0. The van der Waals surface area contributed by atoms with Gasteiger partial charge in [0.1, 0.15) is 0 Å². The Kier molecular flexibility index (Phi) is 4.59. The molecule has 1 N–H and O–H groups in total. The Bertz CT molecular complexity index is 726. The van der Waals surface area contributed by atoms with E-state index < -0.39 is 0 Å². The molecule has 1 aromatic heterocycles. The quantitative estimate of drug-likeness (QED) is 0.719. The van der Waals surface area contributed by atoms with Crippen LogP contribution in [0.2, 0.25) is 0 Å². The largest absolute Gasteiger partial charge is 0.343 e. The minimum absolute atomic E-state index is 0.540. The van der Waals surface area contributed by atoms with E-state index in [0.717, 1.165) is 19.5 Å². The lowest BCUT2D eigenvalue weighted by Crippen LogP contribution is -2.24. The van der Waals surface area contributed by atoms with Crippen molar-refractivity contribution in [2.75, 3.05) is 6.54 Å².